The molecule has 0 spiro atoms. The molecule has 0 unspecified atom stereocenters. The predicted octanol–water partition coefficient (Wildman–Crippen LogP) is 6.60. The van der Waals surface area contributed by atoms with Gasteiger partial charge in [0.25, 0.3) is 5.91 Å². The number of benzene rings is 3. The van der Waals surface area contributed by atoms with E-state index in [-0.39, 0.29) is 22.8 Å². The van der Waals surface area contributed by atoms with E-state index in [1.807, 2.05) is 48.5 Å². The van der Waals surface area contributed by atoms with E-state index in [0.717, 1.165) is 36.4 Å². The standard InChI is InChI=1S/C32H36FN3O2/c1-22-10-7-16-27(33)28(22)31(38)36-18-9-15-26(29(36)23-11-5-4-6-12-23)30(37)34-24-13-8-14-25(20-24)35-19-17-32(2,3)21-35/h4-8,10-14,16,20,26,29H,9,15,17-19,21H2,1-3H3,(H,34,37)/t26-,29-/m0/s1. The van der Waals surface area contributed by atoms with E-state index in [2.05, 4.69) is 30.1 Å². The molecule has 0 aromatic heterocycles. The molecule has 2 aliphatic rings. The van der Waals surface area contributed by atoms with Crippen LogP contribution in [0.1, 0.15) is 60.6 Å². The number of amides is 2. The number of aryl methyl sites for hydroxylation is 1. The van der Waals surface area contributed by atoms with Crippen molar-refractivity contribution in [3.8, 4) is 0 Å². The lowest BCUT2D eigenvalue weighted by atomic mass is 9.83. The number of carbonyl (C=O) groups is 2. The highest BCUT2D eigenvalue weighted by Gasteiger charge is 2.40. The molecule has 5 rings (SSSR count). The largest absolute Gasteiger partial charge is 0.371 e. The zero-order valence-electron chi connectivity index (χ0n) is 22.4. The molecule has 0 saturated carbocycles. The molecule has 5 nitrogen and oxygen atoms in total. The number of hydrogen-bond donors (Lipinski definition) is 1. The van der Waals surface area contributed by atoms with Gasteiger partial charge in [-0.1, -0.05) is 62.4 Å². The monoisotopic (exact) mass is 513 g/mol. The Kier molecular flexibility index (Phi) is 7.24. The van der Waals surface area contributed by atoms with Gasteiger partial charge in [-0.15, -0.1) is 0 Å². The first-order valence-corrected chi connectivity index (χ1v) is 13.5. The van der Waals surface area contributed by atoms with Crippen LogP contribution < -0.4 is 10.2 Å². The van der Waals surface area contributed by atoms with Crippen LogP contribution in [0.25, 0.3) is 0 Å². The van der Waals surface area contributed by atoms with Crippen molar-refractivity contribution >= 4 is 23.2 Å². The number of likely N-dealkylation sites (tertiary alicyclic amines) is 1. The molecule has 3 aromatic rings. The molecule has 0 radical (unpaired) electrons. The van der Waals surface area contributed by atoms with Gasteiger partial charge in [-0.25, -0.2) is 4.39 Å². The van der Waals surface area contributed by atoms with Crippen LogP contribution in [0.2, 0.25) is 0 Å². The number of nitrogens with one attached hydrogen (secondary N) is 1. The summed E-state index contributed by atoms with van der Waals surface area (Å²) in [6.07, 6.45) is 2.45. The molecule has 2 fully saturated rings. The van der Waals surface area contributed by atoms with E-state index in [1.54, 1.807) is 24.0 Å². The fourth-order valence-electron chi connectivity index (χ4n) is 5.96. The van der Waals surface area contributed by atoms with E-state index in [4.69, 9.17) is 0 Å². The van der Waals surface area contributed by atoms with Gasteiger partial charge in [-0.2, -0.15) is 0 Å². The molecule has 2 atom stereocenters. The summed E-state index contributed by atoms with van der Waals surface area (Å²) in [7, 11) is 0. The third-order valence-electron chi connectivity index (χ3n) is 7.96. The quantitative estimate of drug-likeness (QED) is 0.418. The van der Waals surface area contributed by atoms with Gasteiger partial charge in [0, 0.05) is 31.0 Å². The molecule has 198 valence electrons. The van der Waals surface area contributed by atoms with Crippen molar-refractivity contribution in [2.45, 2.75) is 46.1 Å². The predicted molar refractivity (Wildman–Crippen MR) is 150 cm³/mol. The minimum absolute atomic E-state index is 0.0794. The summed E-state index contributed by atoms with van der Waals surface area (Å²) < 4.78 is 14.8. The van der Waals surface area contributed by atoms with E-state index >= 15 is 0 Å². The fourth-order valence-corrected chi connectivity index (χ4v) is 5.96. The molecule has 2 aliphatic heterocycles. The number of piperidine rings is 1. The fraction of sp³-hybridized carbons (Fsp3) is 0.375. The Balaban J connectivity index is 1.43. The number of rotatable bonds is 5. The molecule has 2 amide bonds. The number of carbonyl (C=O) groups excluding carboxylic acids is 2. The number of halogens is 1. The first kappa shape index (κ1) is 26.0. The maximum Gasteiger partial charge on any atom is 0.257 e. The van der Waals surface area contributed by atoms with Gasteiger partial charge in [0.1, 0.15) is 5.82 Å². The average molecular weight is 514 g/mol. The third-order valence-corrected chi connectivity index (χ3v) is 7.96. The maximum atomic E-state index is 14.8. The topological polar surface area (TPSA) is 52.7 Å². The van der Waals surface area contributed by atoms with E-state index in [9.17, 15) is 14.0 Å². The smallest absolute Gasteiger partial charge is 0.257 e. The Hall–Kier alpha value is -3.67. The highest BCUT2D eigenvalue weighted by atomic mass is 19.1. The van der Waals surface area contributed by atoms with Crippen LogP contribution in [-0.2, 0) is 4.79 Å². The lowest BCUT2D eigenvalue weighted by Crippen LogP contribution is -2.46. The lowest BCUT2D eigenvalue weighted by Gasteiger charge is -2.41. The SMILES string of the molecule is Cc1cccc(F)c1C(=O)N1CCC[C@H](C(=O)Nc2cccc(N3CCC(C)(C)C3)c2)[C@@H]1c1ccccc1. The zero-order valence-corrected chi connectivity index (χ0v) is 22.4. The van der Waals surface area contributed by atoms with E-state index in [0.29, 0.717) is 24.9 Å². The van der Waals surface area contributed by atoms with Gasteiger partial charge in [0.05, 0.1) is 17.5 Å². The highest BCUT2D eigenvalue weighted by Crippen LogP contribution is 2.39. The molecule has 2 heterocycles. The number of anilines is 2. The normalized spacial score (nSPS) is 20.8. The van der Waals surface area contributed by atoms with Gasteiger partial charge in [0.15, 0.2) is 0 Å². The van der Waals surface area contributed by atoms with E-state index in [1.165, 1.54) is 6.07 Å². The number of hydrogen-bond acceptors (Lipinski definition) is 3. The second-order valence-electron chi connectivity index (χ2n) is 11.4. The molecular formula is C32H36FN3O2. The van der Waals surface area contributed by atoms with Gasteiger partial charge in [-0.05, 0) is 67.0 Å². The summed E-state index contributed by atoms with van der Waals surface area (Å²) in [6.45, 7) is 8.75. The average Bonchev–Trinajstić information content (AvgIpc) is 3.28. The Morgan fingerprint density at radius 1 is 0.974 bits per heavy atom. The van der Waals surface area contributed by atoms with Crippen LogP contribution in [0, 0.1) is 24.1 Å². The molecule has 3 aromatic carbocycles. The van der Waals surface area contributed by atoms with Crippen LogP contribution in [0.3, 0.4) is 0 Å². The van der Waals surface area contributed by atoms with Crippen molar-refractivity contribution in [1.29, 1.82) is 0 Å². The van der Waals surface area contributed by atoms with Crippen LogP contribution in [0.15, 0.2) is 72.8 Å². The third kappa shape index (κ3) is 5.31. The summed E-state index contributed by atoms with van der Waals surface area (Å²) in [6, 6.07) is 21.8. The zero-order chi connectivity index (χ0) is 26.9. The van der Waals surface area contributed by atoms with Crippen LogP contribution in [0.4, 0.5) is 15.8 Å². The molecule has 6 heteroatoms. The first-order valence-electron chi connectivity index (χ1n) is 13.5. The van der Waals surface area contributed by atoms with Gasteiger partial charge >= 0.3 is 0 Å². The van der Waals surface area contributed by atoms with Crippen LogP contribution >= 0.6 is 0 Å². The summed E-state index contributed by atoms with van der Waals surface area (Å²) in [5.74, 6) is -1.49. The van der Waals surface area contributed by atoms with Crippen molar-refractivity contribution in [2.24, 2.45) is 11.3 Å². The van der Waals surface area contributed by atoms with Crippen LogP contribution in [-0.4, -0.2) is 36.3 Å². The summed E-state index contributed by atoms with van der Waals surface area (Å²) >= 11 is 0. The van der Waals surface area contributed by atoms with Crippen molar-refractivity contribution < 1.29 is 14.0 Å². The Morgan fingerprint density at radius 2 is 1.74 bits per heavy atom. The summed E-state index contributed by atoms with van der Waals surface area (Å²) in [5.41, 5.74) is 3.67. The Morgan fingerprint density at radius 3 is 2.45 bits per heavy atom. The summed E-state index contributed by atoms with van der Waals surface area (Å²) in [4.78, 5) is 31.6. The van der Waals surface area contributed by atoms with Crippen LogP contribution in [0.5, 0.6) is 0 Å². The molecule has 2 saturated heterocycles. The number of nitrogens with zero attached hydrogens (tertiary/aromatic N) is 2. The van der Waals surface area contributed by atoms with Gasteiger partial charge < -0.3 is 15.1 Å². The second-order valence-corrected chi connectivity index (χ2v) is 11.4. The Bertz CT molecular complexity index is 1300. The lowest BCUT2D eigenvalue weighted by molar-refractivity contribution is -0.123. The minimum Gasteiger partial charge on any atom is -0.371 e. The van der Waals surface area contributed by atoms with Crippen molar-refractivity contribution in [3.05, 3.63) is 95.3 Å². The van der Waals surface area contributed by atoms with Crippen molar-refractivity contribution in [2.75, 3.05) is 29.9 Å². The molecular weight excluding hydrogens is 477 g/mol. The van der Waals surface area contributed by atoms with Crippen molar-refractivity contribution in [3.63, 3.8) is 0 Å². The molecule has 1 N–H and O–H groups in total. The van der Waals surface area contributed by atoms with E-state index < -0.39 is 17.8 Å². The van der Waals surface area contributed by atoms with Crippen molar-refractivity contribution in [1.82, 2.24) is 4.90 Å². The summed E-state index contributed by atoms with van der Waals surface area (Å²) in [5, 5.41) is 3.14. The highest BCUT2D eigenvalue weighted by molar-refractivity contribution is 5.98. The molecule has 38 heavy (non-hydrogen) atoms. The molecule has 0 bridgehead atoms. The second kappa shape index (κ2) is 10.6. The van der Waals surface area contributed by atoms with Gasteiger partial charge in [-0.3, -0.25) is 9.59 Å². The Labute approximate surface area is 224 Å². The first-order chi connectivity index (χ1) is 18.2. The maximum absolute atomic E-state index is 14.8. The molecule has 0 aliphatic carbocycles. The minimum atomic E-state index is -0.532. The van der Waals surface area contributed by atoms with Gasteiger partial charge in [0.2, 0.25) is 5.91 Å².